The second-order valence-corrected chi connectivity index (χ2v) is 6.78. The fourth-order valence-corrected chi connectivity index (χ4v) is 3.40. The minimum atomic E-state index is -0.954. The number of fused-ring (bicyclic) bond motifs is 1. The van der Waals surface area contributed by atoms with Crippen molar-refractivity contribution < 1.29 is 23.9 Å². The maximum atomic E-state index is 11.9. The lowest BCUT2D eigenvalue weighted by atomic mass is 9.48. The largest absolute Gasteiger partial charge is 0.454 e. The number of hydrogen-bond acceptors (Lipinski definition) is 5. The first-order valence-electron chi connectivity index (χ1n) is 7.39. The predicted octanol–water partition coefficient (Wildman–Crippen LogP) is 2.21. The number of ether oxygens (including phenoxy) is 2. The van der Waals surface area contributed by atoms with Gasteiger partial charge in [0.25, 0.3) is 5.78 Å². The van der Waals surface area contributed by atoms with E-state index >= 15 is 0 Å². The molecule has 2 bridgehead atoms. The Morgan fingerprint density at radius 3 is 2.45 bits per heavy atom. The van der Waals surface area contributed by atoms with Crippen LogP contribution < -0.4 is 0 Å². The Bertz CT molecular complexity index is 570. The molecule has 0 N–H and O–H groups in total. The Morgan fingerprint density at radius 2 is 1.95 bits per heavy atom. The minimum absolute atomic E-state index is 0.0826. The van der Waals surface area contributed by atoms with Crippen molar-refractivity contribution in [1.29, 1.82) is 0 Å². The van der Waals surface area contributed by atoms with Crippen LogP contribution >= 0.6 is 0 Å². The summed E-state index contributed by atoms with van der Waals surface area (Å²) in [6.45, 7) is 10.6. The van der Waals surface area contributed by atoms with Crippen molar-refractivity contribution in [3.63, 3.8) is 0 Å². The van der Waals surface area contributed by atoms with Crippen molar-refractivity contribution in [3.8, 4) is 0 Å². The van der Waals surface area contributed by atoms with Gasteiger partial charge in [0.15, 0.2) is 6.61 Å². The Hall–Kier alpha value is -1.91. The van der Waals surface area contributed by atoms with E-state index in [1.165, 1.54) is 12.5 Å². The van der Waals surface area contributed by atoms with Gasteiger partial charge < -0.3 is 9.47 Å². The van der Waals surface area contributed by atoms with Gasteiger partial charge in [-0.3, -0.25) is 4.79 Å². The van der Waals surface area contributed by atoms with E-state index in [1.54, 1.807) is 0 Å². The summed E-state index contributed by atoms with van der Waals surface area (Å²) >= 11 is 0. The molecule has 0 saturated heterocycles. The van der Waals surface area contributed by atoms with Crippen molar-refractivity contribution in [2.75, 3.05) is 6.61 Å². The molecular weight excluding hydrogens is 284 g/mol. The molecule has 1 fully saturated rings. The second-order valence-electron chi connectivity index (χ2n) is 6.78. The Balaban J connectivity index is 1.92. The highest BCUT2D eigenvalue weighted by molar-refractivity contribution is 6.34. The van der Waals surface area contributed by atoms with Gasteiger partial charge in [-0.1, -0.05) is 26.0 Å². The lowest BCUT2D eigenvalue weighted by Crippen LogP contribution is -2.55. The van der Waals surface area contributed by atoms with E-state index < -0.39 is 24.3 Å². The number of hydrogen-bond donors (Lipinski definition) is 0. The van der Waals surface area contributed by atoms with Gasteiger partial charge in [0.05, 0.1) is 0 Å². The molecular formula is C17H22O5. The van der Waals surface area contributed by atoms with Crippen LogP contribution in [0.1, 0.15) is 34.1 Å². The zero-order valence-electron chi connectivity index (χ0n) is 13.5. The molecule has 3 aliphatic rings. The lowest BCUT2D eigenvalue weighted by Gasteiger charge is -2.58. The van der Waals surface area contributed by atoms with E-state index in [0.29, 0.717) is 5.92 Å². The van der Waals surface area contributed by atoms with Crippen LogP contribution in [-0.4, -0.2) is 30.4 Å². The fraction of sp³-hybridized carbons (Fsp3) is 0.588. The zero-order chi connectivity index (χ0) is 16.7. The third-order valence-corrected chi connectivity index (χ3v) is 4.87. The molecule has 0 aromatic heterocycles. The SMILES string of the molecule is C=C(C)C(=O)OCC(=O)C(=O)OC1C=C(C)C2CC1C2(C)C. The highest BCUT2D eigenvalue weighted by Gasteiger charge is 2.55. The molecule has 0 aliphatic heterocycles. The van der Waals surface area contributed by atoms with E-state index in [-0.39, 0.29) is 23.0 Å². The fourth-order valence-electron chi connectivity index (χ4n) is 3.40. The van der Waals surface area contributed by atoms with Gasteiger partial charge in [-0.05, 0) is 37.7 Å². The molecule has 5 nitrogen and oxygen atoms in total. The molecule has 3 aliphatic carbocycles. The standard InChI is InChI=1S/C17H22O5/c1-9(2)15(19)21-8-13(18)16(20)22-14-6-10(3)11-7-12(14)17(11,4)5/h6,11-12,14H,1,7-8H2,2-5H3. The smallest absolute Gasteiger partial charge is 0.378 e. The first-order valence-corrected chi connectivity index (χ1v) is 7.39. The van der Waals surface area contributed by atoms with Gasteiger partial charge in [-0.25, -0.2) is 9.59 Å². The summed E-state index contributed by atoms with van der Waals surface area (Å²) in [5, 5.41) is 0. The number of Topliss-reactive ketones (excluding diaryl/α,β-unsaturated/α-hetero) is 1. The molecule has 0 aromatic rings. The van der Waals surface area contributed by atoms with Crippen LogP contribution in [0.5, 0.6) is 0 Å². The first kappa shape index (κ1) is 16.5. The Labute approximate surface area is 130 Å². The van der Waals surface area contributed by atoms with Crippen LogP contribution in [0.3, 0.4) is 0 Å². The van der Waals surface area contributed by atoms with Crippen LogP contribution in [0, 0.1) is 17.3 Å². The molecule has 0 aromatic carbocycles. The Kier molecular flexibility index (Phi) is 4.27. The van der Waals surface area contributed by atoms with Gasteiger partial charge in [0.1, 0.15) is 6.10 Å². The summed E-state index contributed by atoms with van der Waals surface area (Å²) in [5.41, 5.74) is 1.46. The van der Waals surface area contributed by atoms with Gasteiger partial charge in [-0.15, -0.1) is 0 Å². The number of rotatable bonds is 5. The molecule has 1 saturated carbocycles. The number of carbonyl (C=O) groups is 3. The molecule has 22 heavy (non-hydrogen) atoms. The summed E-state index contributed by atoms with van der Waals surface area (Å²) in [6, 6.07) is 0. The maximum absolute atomic E-state index is 11.9. The number of esters is 2. The van der Waals surface area contributed by atoms with Gasteiger partial charge in [0.2, 0.25) is 0 Å². The van der Waals surface area contributed by atoms with Gasteiger partial charge in [0, 0.05) is 11.5 Å². The molecule has 0 spiro atoms. The highest BCUT2D eigenvalue weighted by atomic mass is 16.6. The normalized spacial score (nSPS) is 28.0. The summed E-state index contributed by atoms with van der Waals surface area (Å²) in [4.78, 5) is 34.8. The topological polar surface area (TPSA) is 69.7 Å². The van der Waals surface area contributed by atoms with Crippen molar-refractivity contribution in [2.45, 2.75) is 40.2 Å². The maximum Gasteiger partial charge on any atom is 0.378 e. The molecule has 3 unspecified atom stereocenters. The summed E-state index contributed by atoms with van der Waals surface area (Å²) in [6.07, 6.45) is 2.52. The average Bonchev–Trinajstić information content (AvgIpc) is 2.42. The predicted molar refractivity (Wildman–Crippen MR) is 79.8 cm³/mol. The summed E-state index contributed by atoms with van der Waals surface area (Å²) in [7, 11) is 0. The van der Waals surface area contributed by atoms with Crippen LogP contribution in [0.2, 0.25) is 0 Å². The molecule has 5 heteroatoms. The van der Waals surface area contributed by atoms with E-state index in [4.69, 9.17) is 4.74 Å². The van der Waals surface area contributed by atoms with Gasteiger partial charge in [-0.2, -0.15) is 0 Å². The molecule has 3 atom stereocenters. The van der Waals surface area contributed by atoms with Gasteiger partial charge >= 0.3 is 11.9 Å². The molecule has 0 amide bonds. The van der Waals surface area contributed by atoms with Crippen LogP contribution in [0.15, 0.2) is 23.8 Å². The molecule has 3 rings (SSSR count). The van der Waals surface area contributed by atoms with E-state index in [1.807, 2.05) is 13.0 Å². The Morgan fingerprint density at radius 1 is 1.32 bits per heavy atom. The number of ketones is 1. The third kappa shape index (κ3) is 2.85. The summed E-state index contributed by atoms with van der Waals surface area (Å²) in [5.74, 6) is -1.75. The quantitative estimate of drug-likeness (QED) is 0.337. The third-order valence-electron chi connectivity index (χ3n) is 4.87. The second kappa shape index (κ2) is 5.71. The van der Waals surface area contributed by atoms with E-state index in [0.717, 1.165) is 6.42 Å². The van der Waals surface area contributed by atoms with Crippen molar-refractivity contribution >= 4 is 17.7 Å². The summed E-state index contributed by atoms with van der Waals surface area (Å²) < 4.78 is 9.99. The molecule has 120 valence electrons. The van der Waals surface area contributed by atoms with Crippen molar-refractivity contribution in [1.82, 2.24) is 0 Å². The van der Waals surface area contributed by atoms with Crippen LogP contribution in [0.4, 0.5) is 0 Å². The van der Waals surface area contributed by atoms with E-state index in [2.05, 4.69) is 25.2 Å². The highest BCUT2D eigenvalue weighted by Crippen LogP contribution is 2.59. The molecule has 0 radical (unpaired) electrons. The number of allylic oxidation sites excluding steroid dienone is 1. The molecule has 0 heterocycles. The average molecular weight is 306 g/mol. The minimum Gasteiger partial charge on any atom is -0.454 e. The zero-order valence-corrected chi connectivity index (χ0v) is 13.5. The van der Waals surface area contributed by atoms with E-state index in [9.17, 15) is 14.4 Å². The van der Waals surface area contributed by atoms with Crippen LogP contribution in [-0.2, 0) is 23.9 Å². The lowest BCUT2D eigenvalue weighted by molar-refractivity contribution is -0.169. The monoisotopic (exact) mass is 306 g/mol. The first-order chi connectivity index (χ1) is 10.1. The van der Waals surface area contributed by atoms with Crippen molar-refractivity contribution in [2.24, 2.45) is 17.3 Å². The van der Waals surface area contributed by atoms with Crippen LogP contribution in [0.25, 0.3) is 0 Å². The van der Waals surface area contributed by atoms with Crippen molar-refractivity contribution in [3.05, 3.63) is 23.8 Å². The number of carbonyl (C=O) groups excluding carboxylic acids is 3.